The number of aryl methyl sites for hydroxylation is 1. The molecule has 198 valence electrons. The fourth-order valence-corrected chi connectivity index (χ4v) is 5.90. The van der Waals surface area contributed by atoms with Crippen LogP contribution >= 0.6 is 24.8 Å². The second-order valence-electron chi connectivity index (χ2n) is 11.3. The Labute approximate surface area is 224 Å². The van der Waals surface area contributed by atoms with Crippen molar-refractivity contribution in [2.24, 2.45) is 17.8 Å². The number of rotatable bonds is 10. The predicted molar refractivity (Wildman–Crippen MR) is 148 cm³/mol. The Morgan fingerprint density at radius 1 is 0.943 bits per heavy atom. The third-order valence-electron chi connectivity index (χ3n) is 8.16. The molecule has 0 unspecified atom stereocenters. The summed E-state index contributed by atoms with van der Waals surface area (Å²) in [4.78, 5) is 4.93. The Hall–Kier alpha value is -1.01. The highest BCUT2D eigenvalue weighted by atomic mass is 35.5. The Morgan fingerprint density at radius 2 is 1.69 bits per heavy atom. The summed E-state index contributed by atoms with van der Waals surface area (Å²) < 4.78 is 12.1. The average Bonchev–Trinajstić information content (AvgIpc) is 3.56. The minimum Gasteiger partial charge on any atom is -0.493 e. The summed E-state index contributed by atoms with van der Waals surface area (Å²) in [5.41, 5.74) is 3.20. The highest BCUT2D eigenvalue weighted by Crippen LogP contribution is 2.35. The zero-order valence-corrected chi connectivity index (χ0v) is 23.3. The maximum atomic E-state index is 6.18. The Bertz CT molecular complexity index is 901. The van der Waals surface area contributed by atoms with E-state index in [1.54, 1.807) is 0 Å². The van der Waals surface area contributed by atoms with Crippen LogP contribution in [0.2, 0.25) is 0 Å². The second-order valence-corrected chi connectivity index (χ2v) is 11.3. The van der Waals surface area contributed by atoms with Gasteiger partial charge in [0.25, 0.3) is 0 Å². The minimum atomic E-state index is 0. The molecule has 35 heavy (non-hydrogen) atoms. The van der Waals surface area contributed by atoms with Gasteiger partial charge in [-0.2, -0.15) is 0 Å². The third kappa shape index (κ3) is 7.74. The van der Waals surface area contributed by atoms with Crippen LogP contribution in [-0.2, 0) is 13.0 Å². The zero-order chi connectivity index (χ0) is 22.6. The number of ether oxygens (including phenoxy) is 1. The summed E-state index contributed by atoms with van der Waals surface area (Å²) >= 11 is 0. The van der Waals surface area contributed by atoms with Crippen LogP contribution in [0.15, 0.2) is 16.7 Å². The Kier molecular flexibility index (Phi) is 11.0. The monoisotopic (exact) mass is 525 g/mol. The van der Waals surface area contributed by atoms with Crippen molar-refractivity contribution in [3.05, 3.63) is 23.4 Å². The molecule has 0 atom stereocenters. The lowest BCUT2D eigenvalue weighted by Gasteiger charge is -2.35. The summed E-state index contributed by atoms with van der Waals surface area (Å²) in [6, 6.07) is 4.32. The van der Waals surface area contributed by atoms with Crippen LogP contribution in [0, 0.1) is 17.8 Å². The molecule has 0 N–H and O–H groups in total. The third-order valence-corrected chi connectivity index (χ3v) is 8.16. The molecule has 3 fully saturated rings. The second kappa shape index (κ2) is 13.5. The number of likely N-dealkylation sites (tertiary alicyclic amines) is 1. The number of nitrogens with zero attached hydrogens (tertiary/aromatic N) is 3. The maximum absolute atomic E-state index is 6.18. The molecule has 2 aromatic rings. The number of hydrogen-bond acceptors (Lipinski definition) is 5. The van der Waals surface area contributed by atoms with Crippen molar-refractivity contribution >= 4 is 35.8 Å². The maximum Gasteiger partial charge on any atom is 0.175 e. The lowest BCUT2D eigenvalue weighted by atomic mass is 9.87. The van der Waals surface area contributed by atoms with Crippen LogP contribution in [0.4, 0.5) is 0 Å². The van der Waals surface area contributed by atoms with Gasteiger partial charge in [-0.3, -0.25) is 0 Å². The molecule has 5 nitrogen and oxygen atoms in total. The van der Waals surface area contributed by atoms with Gasteiger partial charge < -0.3 is 19.1 Å². The predicted octanol–water partition coefficient (Wildman–Crippen LogP) is 6.75. The Morgan fingerprint density at radius 3 is 2.37 bits per heavy atom. The smallest absolute Gasteiger partial charge is 0.175 e. The van der Waals surface area contributed by atoms with E-state index in [1.165, 1.54) is 89.2 Å². The molecule has 1 saturated heterocycles. The molecule has 0 amide bonds. The summed E-state index contributed by atoms with van der Waals surface area (Å²) in [5, 5.41) is 5.71. The van der Waals surface area contributed by atoms with Gasteiger partial charge in [-0.25, -0.2) is 0 Å². The van der Waals surface area contributed by atoms with Gasteiger partial charge in [-0.1, -0.05) is 24.4 Å². The normalized spacial score (nSPS) is 20.1. The largest absolute Gasteiger partial charge is 0.493 e. The lowest BCUT2D eigenvalue weighted by Crippen LogP contribution is -2.37. The van der Waals surface area contributed by atoms with Gasteiger partial charge in [0.05, 0.1) is 17.9 Å². The summed E-state index contributed by atoms with van der Waals surface area (Å²) in [7, 11) is 4.20. The number of piperidine rings is 1. The fraction of sp³-hybridized carbons (Fsp3) is 0.750. The highest BCUT2D eigenvalue weighted by molar-refractivity contribution is 5.86. The number of halogens is 2. The van der Waals surface area contributed by atoms with Crippen LogP contribution in [0.25, 0.3) is 11.0 Å². The van der Waals surface area contributed by atoms with Gasteiger partial charge in [-0.05, 0) is 108 Å². The molecule has 1 aliphatic heterocycles. The van der Waals surface area contributed by atoms with Crippen LogP contribution in [0.3, 0.4) is 0 Å². The molecular formula is C28H45Cl2N3O2. The van der Waals surface area contributed by atoms with E-state index in [-0.39, 0.29) is 24.8 Å². The van der Waals surface area contributed by atoms with E-state index in [2.05, 4.69) is 41.2 Å². The topological polar surface area (TPSA) is 41.7 Å². The van der Waals surface area contributed by atoms with E-state index in [0.717, 1.165) is 59.9 Å². The van der Waals surface area contributed by atoms with Crippen molar-refractivity contribution < 1.29 is 9.26 Å². The van der Waals surface area contributed by atoms with Gasteiger partial charge in [0.1, 0.15) is 5.75 Å². The van der Waals surface area contributed by atoms with Crippen LogP contribution in [-0.4, -0.2) is 55.3 Å². The number of hydrogen-bond donors (Lipinski definition) is 0. The minimum absolute atomic E-state index is 0. The standard InChI is InChI=1S/C28H43N3O2.2ClH/c1-30(2)19-25-27(32-20-23-8-9-23)13-11-24-26(29-33-28(24)25)12-10-21-14-16-31(17-15-21)18-22-6-4-3-5-7-22;;/h11,13,21-23H,3-10,12,14-20H2,1-2H3;2*1H. The molecule has 0 radical (unpaired) electrons. The van der Waals surface area contributed by atoms with E-state index in [0.29, 0.717) is 0 Å². The van der Waals surface area contributed by atoms with Crippen LogP contribution in [0.5, 0.6) is 5.75 Å². The first-order valence-corrected chi connectivity index (χ1v) is 13.6. The van der Waals surface area contributed by atoms with Crippen molar-refractivity contribution in [1.29, 1.82) is 0 Å². The van der Waals surface area contributed by atoms with Gasteiger partial charge in [0, 0.05) is 18.5 Å². The molecule has 2 saturated carbocycles. The van der Waals surface area contributed by atoms with E-state index >= 15 is 0 Å². The number of aromatic nitrogens is 1. The molecule has 2 aliphatic carbocycles. The van der Waals surface area contributed by atoms with Gasteiger partial charge in [-0.15, -0.1) is 24.8 Å². The van der Waals surface area contributed by atoms with E-state index < -0.39 is 0 Å². The molecule has 3 aliphatic rings. The molecule has 1 aromatic heterocycles. The van der Waals surface area contributed by atoms with Crippen molar-refractivity contribution in [1.82, 2.24) is 15.0 Å². The average molecular weight is 527 g/mol. The van der Waals surface area contributed by atoms with E-state index in [1.807, 2.05) is 0 Å². The fourth-order valence-electron chi connectivity index (χ4n) is 5.90. The van der Waals surface area contributed by atoms with Crippen molar-refractivity contribution in [3.8, 4) is 5.75 Å². The van der Waals surface area contributed by atoms with Gasteiger partial charge in [0.2, 0.25) is 0 Å². The van der Waals surface area contributed by atoms with E-state index in [4.69, 9.17) is 9.26 Å². The van der Waals surface area contributed by atoms with Crippen molar-refractivity contribution in [3.63, 3.8) is 0 Å². The SMILES string of the molecule is CN(C)Cc1c(OCC2CC2)ccc2c(CCC3CCN(CC4CCCCC4)CC3)noc12.Cl.Cl. The summed E-state index contributed by atoms with van der Waals surface area (Å²) in [6.07, 6.45) is 14.8. The number of benzene rings is 1. The quantitative estimate of drug-likeness (QED) is 0.343. The molecule has 5 rings (SSSR count). The first-order chi connectivity index (χ1) is 16.2. The first-order valence-electron chi connectivity index (χ1n) is 13.6. The van der Waals surface area contributed by atoms with Crippen LogP contribution < -0.4 is 4.74 Å². The van der Waals surface area contributed by atoms with Gasteiger partial charge >= 0.3 is 0 Å². The number of fused-ring (bicyclic) bond motifs is 1. The summed E-state index contributed by atoms with van der Waals surface area (Å²) in [5.74, 6) is 3.50. The van der Waals surface area contributed by atoms with Crippen molar-refractivity contribution in [2.45, 2.75) is 77.2 Å². The molecule has 2 heterocycles. The van der Waals surface area contributed by atoms with Crippen molar-refractivity contribution in [2.75, 3.05) is 40.3 Å². The lowest BCUT2D eigenvalue weighted by molar-refractivity contribution is 0.142. The summed E-state index contributed by atoms with van der Waals surface area (Å²) in [6.45, 7) is 5.56. The zero-order valence-electron chi connectivity index (χ0n) is 21.7. The molecule has 0 bridgehead atoms. The Balaban J connectivity index is 0.00000171. The highest BCUT2D eigenvalue weighted by Gasteiger charge is 2.25. The molecule has 0 spiro atoms. The molecule has 1 aromatic carbocycles. The molecular weight excluding hydrogens is 481 g/mol. The van der Waals surface area contributed by atoms with E-state index in [9.17, 15) is 0 Å². The molecule has 7 heteroatoms. The van der Waals surface area contributed by atoms with Crippen LogP contribution in [0.1, 0.15) is 75.5 Å². The van der Waals surface area contributed by atoms with Gasteiger partial charge in [0.15, 0.2) is 5.58 Å². The first kappa shape index (κ1) is 28.6.